The van der Waals surface area contributed by atoms with Gasteiger partial charge in [0.05, 0.1) is 72.0 Å². The largest absolute Gasteiger partial charge is 0.337 e. The molecule has 188 valence electrons. The Balaban J connectivity index is 1.72. The fourth-order valence-electron chi connectivity index (χ4n) is 5.76. The van der Waals surface area contributed by atoms with E-state index in [1.807, 2.05) is 0 Å². The average molecular weight is 620 g/mol. The Morgan fingerprint density at radius 2 is 1.08 bits per heavy atom. The lowest BCUT2D eigenvalue weighted by Gasteiger charge is -2.15. The van der Waals surface area contributed by atoms with Crippen LogP contribution in [-0.2, 0) is 13.1 Å². The molecule has 1 aromatic carbocycles. The molecule has 7 aromatic heterocycles. The number of hydrogen-bond donors (Lipinski definition) is 0. The van der Waals surface area contributed by atoms with Crippen LogP contribution < -0.4 is 0 Å². The Bertz CT molecular complexity index is 2040. The standard InChI is InChI=1S/C26H20Cl2N4S5/c1-9(2)5-31-17-13(23-19(31)25-21(35-23)11(27)7-33-25)15-16(30-37-29-15)14-18(17)32(6-10(3)4)20-24(14)36-22-12(28)8-34-26(20)22/h7-10H,5-6H2,1-4H3. The van der Waals surface area contributed by atoms with E-state index in [2.05, 4.69) is 47.6 Å². The second-order valence-corrected chi connectivity index (χ2v) is 15.6. The summed E-state index contributed by atoms with van der Waals surface area (Å²) in [5.41, 5.74) is 7.19. The first-order chi connectivity index (χ1) is 17.8. The maximum Gasteiger partial charge on any atom is 0.116 e. The van der Waals surface area contributed by atoms with Crippen molar-refractivity contribution in [1.29, 1.82) is 0 Å². The van der Waals surface area contributed by atoms with Gasteiger partial charge < -0.3 is 9.13 Å². The van der Waals surface area contributed by atoms with E-state index in [0.29, 0.717) is 11.8 Å². The molecule has 0 aliphatic heterocycles. The topological polar surface area (TPSA) is 35.6 Å². The van der Waals surface area contributed by atoms with Gasteiger partial charge in [0.15, 0.2) is 0 Å². The number of rotatable bonds is 4. The normalized spacial score (nSPS) is 13.3. The third-order valence-electron chi connectivity index (χ3n) is 6.96. The molecule has 0 aliphatic carbocycles. The Labute approximate surface area is 241 Å². The van der Waals surface area contributed by atoms with Crippen molar-refractivity contribution >= 4 is 152 Å². The van der Waals surface area contributed by atoms with Gasteiger partial charge in [-0.1, -0.05) is 50.9 Å². The summed E-state index contributed by atoms with van der Waals surface area (Å²) in [4.78, 5) is 0. The first kappa shape index (κ1) is 23.4. The third kappa shape index (κ3) is 2.99. The van der Waals surface area contributed by atoms with Crippen molar-refractivity contribution in [2.75, 3.05) is 0 Å². The van der Waals surface area contributed by atoms with Crippen LogP contribution in [0.15, 0.2) is 10.8 Å². The average Bonchev–Trinajstić information content (AvgIpc) is 3.65. The number of halogens is 2. The van der Waals surface area contributed by atoms with Crippen LogP contribution >= 0.6 is 80.3 Å². The molecule has 4 nitrogen and oxygen atoms in total. The highest BCUT2D eigenvalue weighted by molar-refractivity contribution is 7.34. The van der Waals surface area contributed by atoms with Crippen LogP contribution in [0.1, 0.15) is 27.7 Å². The maximum absolute atomic E-state index is 6.65. The smallest absolute Gasteiger partial charge is 0.116 e. The van der Waals surface area contributed by atoms with Crippen LogP contribution in [0.2, 0.25) is 10.0 Å². The lowest BCUT2D eigenvalue weighted by Crippen LogP contribution is -2.07. The highest BCUT2D eigenvalue weighted by Gasteiger charge is 2.30. The highest BCUT2D eigenvalue weighted by atomic mass is 35.5. The van der Waals surface area contributed by atoms with E-state index in [1.54, 1.807) is 45.3 Å². The molecule has 0 atom stereocenters. The van der Waals surface area contributed by atoms with E-state index in [-0.39, 0.29) is 0 Å². The summed E-state index contributed by atoms with van der Waals surface area (Å²) in [7, 11) is 0. The van der Waals surface area contributed by atoms with Gasteiger partial charge in [0.2, 0.25) is 0 Å². The number of benzene rings is 1. The van der Waals surface area contributed by atoms with Crippen molar-refractivity contribution in [3.63, 3.8) is 0 Å². The molecule has 0 radical (unpaired) electrons. The Hall–Kier alpha value is -1.46. The summed E-state index contributed by atoms with van der Waals surface area (Å²) >= 11 is 21.7. The van der Waals surface area contributed by atoms with E-state index >= 15 is 0 Å². The van der Waals surface area contributed by atoms with Crippen LogP contribution in [-0.4, -0.2) is 17.9 Å². The molecular weight excluding hydrogens is 600 g/mol. The SMILES string of the molecule is CC(C)Cn1c2c3scc(Cl)c3sc2c2c3nsnc3c3c4sc5c(Cl)csc5c4n(CC(C)C)c3c21. The lowest BCUT2D eigenvalue weighted by molar-refractivity contribution is 0.539. The molecule has 0 fully saturated rings. The minimum absolute atomic E-state index is 0.487. The maximum atomic E-state index is 6.65. The number of aromatic nitrogens is 4. The number of nitrogens with zero attached hydrogens (tertiary/aromatic N) is 4. The molecule has 0 amide bonds. The zero-order chi connectivity index (χ0) is 25.3. The van der Waals surface area contributed by atoms with Gasteiger partial charge in [-0.25, -0.2) is 0 Å². The summed E-state index contributed by atoms with van der Waals surface area (Å²) in [6.45, 7) is 11.1. The van der Waals surface area contributed by atoms with Crippen LogP contribution in [0, 0.1) is 11.8 Å². The summed E-state index contributed by atoms with van der Waals surface area (Å²) in [6.07, 6.45) is 0. The predicted octanol–water partition coefficient (Wildman–Crippen LogP) is 11.1. The second kappa shape index (κ2) is 8.03. The molecule has 37 heavy (non-hydrogen) atoms. The molecule has 0 unspecified atom stereocenters. The molecule has 8 aromatic rings. The molecule has 7 heterocycles. The number of thiophene rings is 4. The molecular formula is C26H20Cl2N4S5. The summed E-state index contributed by atoms with van der Waals surface area (Å²) in [5, 5.41) is 8.30. The lowest BCUT2D eigenvalue weighted by atomic mass is 10.1. The van der Waals surface area contributed by atoms with Gasteiger partial charge in [0.25, 0.3) is 0 Å². The minimum atomic E-state index is 0.487. The fraction of sp³-hybridized carbons (Fsp3) is 0.308. The van der Waals surface area contributed by atoms with Gasteiger partial charge in [-0.2, -0.15) is 8.75 Å². The quantitative estimate of drug-likeness (QED) is 0.196. The Kier molecular flexibility index (Phi) is 5.09. The van der Waals surface area contributed by atoms with E-state index in [1.165, 1.54) is 72.8 Å². The van der Waals surface area contributed by atoms with Crippen molar-refractivity contribution < 1.29 is 0 Å². The van der Waals surface area contributed by atoms with Gasteiger partial charge in [0.1, 0.15) is 11.0 Å². The second-order valence-electron chi connectivity index (χ2n) is 10.5. The predicted molar refractivity (Wildman–Crippen MR) is 170 cm³/mol. The third-order valence-corrected chi connectivity index (χ3v) is 13.3. The van der Waals surface area contributed by atoms with Crippen molar-refractivity contribution in [2.45, 2.75) is 40.8 Å². The van der Waals surface area contributed by atoms with Crippen molar-refractivity contribution in [2.24, 2.45) is 11.8 Å². The summed E-state index contributed by atoms with van der Waals surface area (Å²) in [5.74, 6) is 0.974. The number of hydrogen-bond acceptors (Lipinski definition) is 7. The molecule has 0 aliphatic rings. The van der Waals surface area contributed by atoms with Crippen molar-refractivity contribution in [1.82, 2.24) is 17.9 Å². The molecule has 0 saturated carbocycles. The fourth-order valence-corrected chi connectivity index (χ4v) is 12.0. The minimum Gasteiger partial charge on any atom is -0.337 e. The Morgan fingerprint density at radius 1 is 0.649 bits per heavy atom. The van der Waals surface area contributed by atoms with Gasteiger partial charge in [-0.3, -0.25) is 0 Å². The summed E-state index contributed by atoms with van der Waals surface area (Å²) < 4.78 is 22.5. The first-order valence-electron chi connectivity index (χ1n) is 12.1. The zero-order valence-corrected chi connectivity index (χ0v) is 25.9. The van der Waals surface area contributed by atoms with E-state index in [4.69, 9.17) is 31.9 Å². The molecule has 0 spiro atoms. The zero-order valence-electron chi connectivity index (χ0n) is 20.3. The highest BCUT2D eigenvalue weighted by Crippen LogP contribution is 2.53. The summed E-state index contributed by atoms with van der Waals surface area (Å²) in [6, 6.07) is 0. The van der Waals surface area contributed by atoms with Crippen LogP contribution in [0.3, 0.4) is 0 Å². The van der Waals surface area contributed by atoms with Gasteiger partial charge >= 0.3 is 0 Å². The molecule has 0 bridgehead atoms. The van der Waals surface area contributed by atoms with E-state index in [0.717, 1.165) is 34.2 Å². The van der Waals surface area contributed by atoms with Crippen molar-refractivity contribution in [3.8, 4) is 0 Å². The van der Waals surface area contributed by atoms with Gasteiger partial charge in [0, 0.05) is 34.6 Å². The molecule has 8 rings (SSSR count). The molecule has 11 heteroatoms. The van der Waals surface area contributed by atoms with Gasteiger partial charge in [-0.15, -0.1) is 45.3 Å². The molecule has 0 N–H and O–H groups in total. The van der Waals surface area contributed by atoms with Crippen LogP contribution in [0.4, 0.5) is 0 Å². The Morgan fingerprint density at radius 3 is 1.49 bits per heavy atom. The monoisotopic (exact) mass is 618 g/mol. The van der Waals surface area contributed by atoms with Crippen molar-refractivity contribution in [3.05, 3.63) is 20.8 Å². The van der Waals surface area contributed by atoms with E-state index < -0.39 is 0 Å². The van der Waals surface area contributed by atoms with Crippen LogP contribution in [0.5, 0.6) is 0 Å². The van der Waals surface area contributed by atoms with Gasteiger partial charge in [-0.05, 0) is 11.8 Å². The number of fused-ring (bicyclic) bond motifs is 14. The van der Waals surface area contributed by atoms with Crippen LogP contribution in [0.25, 0.3) is 72.1 Å². The first-order valence-corrected chi connectivity index (χ1v) is 17.0. The van der Waals surface area contributed by atoms with E-state index in [9.17, 15) is 0 Å². The molecule has 0 saturated heterocycles.